The van der Waals surface area contributed by atoms with Crippen molar-refractivity contribution < 1.29 is 29.0 Å². The van der Waals surface area contributed by atoms with Crippen LogP contribution in [0.4, 0.5) is 5.69 Å². The van der Waals surface area contributed by atoms with Gasteiger partial charge in [0.05, 0.1) is 37.2 Å². The van der Waals surface area contributed by atoms with Crippen LogP contribution in [0.5, 0.6) is 0 Å². The monoisotopic (exact) mass is 458 g/mol. The number of ether oxygens (including phenoxy) is 2. The van der Waals surface area contributed by atoms with Crippen molar-refractivity contribution in [1.29, 1.82) is 0 Å². The van der Waals surface area contributed by atoms with Crippen LogP contribution in [0.1, 0.15) is 44.7 Å². The number of aliphatic hydroxyl groups excluding tert-OH is 1. The van der Waals surface area contributed by atoms with Crippen LogP contribution in [-0.2, 0) is 23.9 Å². The predicted molar refractivity (Wildman–Crippen MR) is 121 cm³/mol. The van der Waals surface area contributed by atoms with Gasteiger partial charge in [-0.25, -0.2) is 0 Å². The van der Waals surface area contributed by atoms with Gasteiger partial charge in [-0.1, -0.05) is 32.0 Å². The number of hydrogen-bond donors (Lipinski definition) is 2. The van der Waals surface area contributed by atoms with Crippen molar-refractivity contribution in [3.8, 4) is 0 Å². The van der Waals surface area contributed by atoms with E-state index in [4.69, 9.17) is 9.47 Å². The summed E-state index contributed by atoms with van der Waals surface area (Å²) in [5.41, 5.74) is 1.42. The van der Waals surface area contributed by atoms with E-state index in [0.29, 0.717) is 18.5 Å². The molecule has 0 aromatic heterocycles. The molecule has 3 aliphatic heterocycles. The van der Waals surface area contributed by atoms with Gasteiger partial charge in [0.1, 0.15) is 11.6 Å². The molecule has 1 spiro atoms. The highest BCUT2D eigenvalue weighted by Gasteiger charge is 2.75. The second-order valence-electron chi connectivity index (χ2n) is 9.80. The van der Waals surface area contributed by atoms with E-state index in [1.807, 2.05) is 45.9 Å². The summed E-state index contributed by atoms with van der Waals surface area (Å²) >= 11 is 0. The number of anilines is 1. The minimum Gasteiger partial charge on any atom is -0.466 e. The van der Waals surface area contributed by atoms with Gasteiger partial charge in [0.15, 0.2) is 0 Å². The topological polar surface area (TPSA) is 105 Å². The fourth-order valence-electron chi connectivity index (χ4n) is 6.08. The van der Waals surface area contributed by atoms with Gasteiger partial charge in [-0.3, -0.25) is 14.4 Å². The van der Waals surface area contributed by atoms with Gasteiger partial charge >= 0.3 is 5.97 Å². The number of carbonyl (C=O) groups is 3. The molecule has 8 heteroatoms. The Kier molecular flexibility index (Phi) is 6.26. The first-order valence-electron chi connectivity index (χ1n) is 11.8. The van der Waals surface area contributed by atoms with E-state index < -0.39 is 41.6 Å². The zero-order chi connectivity index (χ0) is 24.1. The number of amides is 2. The number of nitrogens with one attached hydrogen (secondary N) is 1. The summed E-state index contributed by atoms with van der Waals surface area (Å²) in [5, 5.41) is 13.2. The van der Waals surface area contributed by atoms with Gasteiger partial charge in [-0.2, -0.15) is 0 Å². The maximum absolute atomic E-state index is 13.9. The van der Waals surface area contributed by atoms with Crippen LogP contribution in [0.25, 0.3) is 0 Å². The maximum Gasteiger partial charge on any atom is 0.312 e. The molecule has 4 rings (SSSR count). The number of aliphatic hydroxyl groups is 1. The van der Waals surface area contributed by atoms with E-state index in [1.54, 1.807) is 6.92 Å². The molecule has 6 atom stereocenters. The molecule has 3 saturated heterocycles. The SMILES string of the molecule is CCOC(=O)[C@@H]1[C@@H]2CCC3(O2)C(C(=O)Nc2c(C)cccc2C)N([C@@H](CO)C(C)C)C(=O)[C@H]13. The zero-order valence-corrected chi connectivity index (χ0v) is 20.0. The first-order chi connectivity index (χ1) is 15.7. The molecule has 33 heavy (non-hydrogen) atoms. The standard InChI is InChI=1S/C25H34N2O6/c1-6-32-24(31)18-17-10-11-25(33-17)19(18)23(30)27(16(12-28)13(2)3)21(25)22(29)26-20-14(4)8-7-9-15(20)5/h7-9,13,16-19,21,28H,6,10-12H2,1-5H3,(H,26,29)/t16-,17-,18+,19-,21?,25?/m0/s1. The van der Waals surface area contributed by atoms with Crippen LogP contribution in [0.3, 0.4) is 0 Å². The number of rotatable bonds is 7. The molecule has 1 aromatic rings. The number of likely N-dealkylation sites (tertiary alicyclic amines) is 1. The summed E-state index contributed by atoms with van der Waals surface area (Å²) in [6, 6.07) is 4.24. The van der Waals surface area contributed by atoms with Crippen molar-refractivity contribution in [2.45, 2.75) is 71.2 Å². The van der Waals surface area contributed by atoms with Crippen molar-refractivity contribution in [3.63, 3.8) is 0 Å². The smallest absolute Gasteiger partial charge is 0.312 e. The van der Waals surface area contributed by atoms with Crippen molar-refractivity contribution in [2.24, 2.45) is 17.8 Å². The Hall–Kier alpha value is -2.45. The average Bonchev–Trinajstić information content (AvgIpc) is 3.39. The van der Waals surface area contributed by atoms with Gasteiger partial charge < -0.3 is 24.8 Å². The summed E-state index contributed by atoms with van der Waals surface area (Å²) in [6.07, 6.45) is 0.642. The first kappa shape index (κ1) is 23.7. The van der Waals surface area contributed by atoms with Gasteiger partial charge in [0.25, 0.3) is 0 Å². The largest absolute Gasteiger partial charge is 0.466 e. The molecule has 2 N–H and O–H groups in total. The summed E-state index contributed by atoms with van der Waals surface area (Å²) in [7, 11) is 0. The highest BCUT2D eigenvalue weighted by atomic mass is 16.6. The highest BCUT2D eigenvalue weighted by molar-refractivity contribution is 6.04. The molecule has 3 aliphatic rings. The lowest BCUT2D eigenvalue weighted by atomic mass is 9.70. The fraction of sp³-hybridized carbons (Fsp3) is 0.640. The molecule has 180 valence electrons. The molecule has 0 aliphatic carbocycles. The molecular formula is C25H34N2O6. The molecule has 2 unspecified atom stereocenters. The van der Waals surface area contributed by atoms with Gasteiger partial charge in [0, 0.05) is 5.69 Å². The Balaban J connectivity index is 1.78. The minimum absolute atomic E-state index is 0.0945. The Bertz CT molecular complexity index is 942. The number of fused-ring (bicyclic) bond motifs is 1. The Labute approximate surface area is 194 Å². The van der Waals surface area contributed by atoms with Gasteiger partial charge in [-0.05, 0) is 50.7 Å². The normalized spacial score (nSPS) is 31.1. The third kappa shape index (κ3) is 3.54. The number of para-hydroxylation sites is 1. The second-order valence-corrected chi connectivity index (χ2v) is 9.80. The summed E-state index contributed by atoms with van der Waals surface area (Å²) in [6.45, 7) is 9.30. The highest BCUT2D eigenvalue weighted by Crippen LogP contribution is 2.59. The maximum atomic E-state index is 13.9. The quantitative estimate of drug-likeness (QED) is 0.607. The van der Waals surface area contributed by atoms with Crippen LogP contribution in [0, 0.1) is 31.6 Å². The number of carbonyl (C=O) groups excluding carboxylic acids is 3. The number of hydrogen-bond acceptors (Lipinski definition) is 6. The van der Waals surface area contributed by atoms with E-state index in [9.17, 15) is 19.5 Å². The summed E-state index contributed by atoms with van der Waals surface area (Å²) < 4.78 is 11.6. The van der Waals surface area contributed by atoms with Crippen LogP contribution in [0.15, 0.2) is 18.2 Å². The van der Waals surface area contributed by atoms with Gasteiger partial charge in [0.2, 0.25) is 11.8 Å². The minimum atomic E-state index is -1.11. The molecule has 3 fully saturated rings. The van der Waals surface area contributed by atoms with E-state index in [2.05, 4.69) is 5.32 Å². The fourth-order valence-corrected chi connectivity index (χ4v) is 6.08. The number of nitrogens with zero attached hydrogens (tertiary/aromatic N) is 1. The van der Waals surface area contributed by atoms with Gasteiger partial charge in [-0.15, -0.1) is 0 Å². The van der Waals surface area contributed by atoms with E-state index in [0.717, 1.165) is 11.1 Å². The molecule has 8 nitrogen and oxygen atoms in total. The molecule has 2 bridgehead atoms. The lowest BCUT2D eigenvalue weighted by Crippen LogP contribution is -2.57. The molecule has 2 amide bonds. The van der Waals surface area contributed by atoms with Crippen molar-refractivity contribution in [2.75, 3.05) is 18.5 Å². The van der Waals surface area contributed by atoms with Crippen molar-refractivity contribution >= 4 is 23.5 Å². The molecule has 0 radical (unpaired) electrons. The van der Waals surface area contributed by atoms with Crippen LogP contribution >= 0.6 is 0 Å². The third-order valence-corrected chi connectivity index (χ3v) is 7.59. The molecule has 3 heterocycles. The summed E-state index contributed by atoms with van der Waals surface area (Å²) in [5.74, 6) is -2.75. The Morgan fingerprint density at radius 3 is 2.55 bits per heavy atom. The van der Waals surface area contributed by atoms with E-state index in [-0.39, 0.29) is 30.9 Å². The number of esters is 1. The van der Waals surface area contributed by atoms with Crippen molar-refractivity contribution in [3.05, 3.63) is 29.3 Å². The number of benzene rings is 1. The van der Waals surface area contributed by atoms with Crippen LogP contribution in [-0.4, -0.2) is 64.8 Å². The Morgan fingerprint density at radius 2 is 1.97 bits per heavy atom. The van der Waals surface area contributed by atoms with Crippen LogP contribution < -0.4 is 5.32 Å². The molecule has 1 aromatic carbocycles. The second kappa shape index (κ2) is 8.72. The third-order valence-electron chi connectivity index (χ3n) is 7.59. The number of aryl methyl sites for hydroxylation is 2. The zero-order valence-electron chi connectivity index (χ0n) is 20.0. The van der Waals surface area contributed by atoms with E-state index in [1.165, 1.54) is 4.90 Å². The lowest BCUT2D eigenvalue weighted by Gasteiger charge is -2.38. The molecular weight excluding hydrogens is 424 g/mol. The van der Waals surface area contributed by atoms with E-state index >= 15 is 0 Å². The first-order valence-corrected chi connectivity index (χ1v) is 11.8. The summed E-state index contributed by atoms with van der Waals surface area (Å²) in [4.78, 5) is 42.0. The lowest BCUT2D eigenvalue weighted by molar-refractivity contribution is -0.155. The average molecular weight is 459 g/mol. The predicted octanol–water partition coefficient (Wildman–Crippen LogP) is 2.20. The molecule has 0 saturated carbocycles. The van der Waals surface area contributed by atoms with Crippen LogP contribution in [0.2, 0.25) is 0 Å². The van der Waals surface area contributed by atoms with Crippen molar-refractivity contribution in [1.82, 2.24) is 4.90 Å². The Morgan fingerprint density at radius 1 is 1.30 bits per heavy atom.